The zero-order chi connectivity index (χ0) is 22.2. The van der Waals surface area contributed by atoms with Crippen LogP contribution in [0.5, 0.6) is 0 Å². The zero-order valence-electron chi connectivity index (χ0n) is 16.9. The summed E-state index contributed by atoms with van der Waals surface area (Å²) < 4.78 is 39.4. The van der Waals surface area contributed by atoms with Crippen molar-refractivity contribution in [1.82, 2.24) is 0 Å². The average Bonchev–Trinajstić information content (AvgIpc) is 2.77. The minimum absolute atomic E-state index is 0.175. The molecule has 0 fully saturated rings. The Kier molecular flexibility index (Phi) is 5.27. The van der Waals surface area contributed by atoms with Gasteiger partial charge in [0, 0.05) is 17.0 Å². The van der Waals surface area contributed by atoms with Gasteiger partial charge in [0.25, 0.3) is 0 Å². The van der Waals surface area contributed by atoms with Gasteiger partial charge in [0.05, 0.1) is 11.6 Å². The van der Waals surface area contributed by atoms with Gasteiger partial charge in [-0.1, -0.05) is 61.2 Å². The molecule has 156 valence electrons. The van der Waals surface area contributed by atoms with E-state index in [0.717, 1.165) is 34.5 Å². The molecule has 2 nitrogen and oxygen atoms in total. The standard InChI is InChI=1S/C26H20F3NO/c1-17(18(2)31)25-23-11-7-6-10-20(23)16-24(19-8-4-3-5-9-19)30(25)22-14-12-21(13-15-22)26(27,28)29/h3-16,25H,1H2,2H3. The van der Waals surface area contributed by atoms with Gasteiger partial charge in [-0.2, -0.15) is 13.2 Å². The van der Waals surface area contributed by atoms with Gasteiger partial charge < -0.3 is 4.90 Å². The smallest absolute Gasteiger partial charge is 0.329 e. The third-order valence-electron chi connectivity index (χ3n) is 5.43. The minimum atomic E-state index is -4.42. The van der Waals surface area contributed by atoms with Crippen LogP contribution < -0.4 is 4.90 Å². The summed E-state index contributed by atoms with van der Waals surface area (Å²) in [6.45, 7) is 5.49. The summed E-state index contributed by atoms with van der Waals surface area (Å²) in [6.07, 6.45) is -2.43. The van der Waals surface area contributed by atoms with Gasteiger partial charge in [-0.05, 0) is 54.0 Å². The summed E-state index contributed by atoms with van der Waals surface area (Å²) in [6, 6.07) is 21.7. The lowest BCUT2D eigenvalue weighted by atomic mass is 9.86. The average molecular weight is 419 g/mol. The molecule has 0 saturated carbocycles. The fourth-order valence-electron chi connectivity index (χ4n) is 3.85. The van der Waals surface area contributed by atoms with E-state index in [4.69, 9.17) is 0 Å². The van der Waals surface area contributed by atoms with E-state index >= 15 is 0 Å². The van der Waals surface area contributed by atoms with Crippen molar-refractivity contribution in [3.05, 3.63) is 113 Å². The second-order valence-electron chi connectivity index (χ2n) is 7.42. The van der Waals surface area contributed by atoms with Crippen LogP contribution in [0.25, 0.3) is 11.8 Å². The van der Waals surface area contributed by atoms with E-state index in [1.54, 1.807) is 0 Å². The van der Waals surface area contributed by atoms with Gasteiger partial charge in [-0.25, -0.2) is 0 Å². The third-order valence-corrected chi connectivity index (χ3v) is 5.43. The first kappa shape index (κ1) is 20.7. The van der Waals surface area contributed by atoms with Crippen LogP contribution >= 0.6 is 0 Å². The van der Waals surface area contributed by atoms with Crippen LogP contribution in [-0.2, 0) is 11.0 Å². The van der Waals surface area contributed by atoms with Gasteiger partial charge in [-0.15, -0.1) is 0 Å². The summed E-state index contributed by atoms with van der Waals surface area (Å²) in [5.41, 5.74) is 3.68. The lowest BCUT2D eigenvalue weighted by molar-refractivity contribution is -0.137. The molecule has 3 aromatic carbocycles. The Balaban J connectivity index is 1.95. The first-order valence-electron chi connectivity index (χ1n) is 9.79. The Bertz CT molecular complexity index is 1160. The first-order chi connectivity index (χ1) is 14.8. The molecule has 0 amide bonds. The molecular formula is C26H20F3NO. The summed E-state index contributed by atoms with van der Waals surface area (Å²) in [4.78, 5) is 14.3. The van der Waals surface area contributed by atoms with Gasteiger partial charge >= 0.3 is 6.18 Å². The predicted octanol–water partition coefficient (Wildman–Crippen LogP) is 6.91. The molecule has 5 heteroatoms. The summed E-state index contributed by atoms with van der Waals surface area (Å²) >= 11 is 0. The van der Waals surface area contributed by atoms with Gasteiger partial charge in [0.1, 0.15) is 0 Å². The molecule has 0 saturated heterocycles. The number of hydrogen-bond acceptors (Lipinski definition) is 2. The van der Waals surface area contributed by atoms with Crippen LogP contribution in [0.3, 0.4) is 0 Å². The molecule has 0 bridgehead atoms. The van der Waals surface area contributed by atoms with E-state index in [1.807, 2.05) is 65.6 Å². The summed E-state index contributed by atoms with van der Waals surface area (Å²) in [5, 5.41) is 0. The summed E-state index contributed by atoms with van der Waals surface area (Å²) in [7, 11) is 0. The van der Waals surface area contributed by atoms with Crippen LogP contribution in [0.15, 0.2) is 91.0 Å². The van der Waals surface area contributed by atoms with E-state index < -0.39 is 17.8 Å². The van der Waals surface area contributed by atoms with Gasteiger partial charge in [-0.3, -0.25) is 4.79 Å². The van der Waals surface area contributed by atoms with Crippen molar-refractivity contribution in [3.8, 4) is 0 Å². The highest BCUT2D eigenvalue weighted by molar-refractivity contribution is 6.00. The third kappa shape index (κ3) is 3.91. The van der Waals surface area contributed by atoms with Crippen molar-refractivity contribution in [1.29, 1.82) is 0 Å². The number of alkyl halides is 3. The lowest BCUT2D eigenvalue weighted by Gasteiger charge is -2.40. The van der Waals surface area contributed by atoms with E-state index in [2.05, 4.69) is 6.58 Å². The maximum Gasteiger partial charge on any atom is 0.416 e. The van der Waals surface area contributed by atoms with E-state index in [9.17, 15) is 18.0 Å². The van der Waals surface area contributed by atoms with Crippen LogP contribution in [0.1, 0.15) is 35.2 Å². The van der Waals surface area contributed by atoms with Crippen LogP contribution in [0.2, 0.25) is 0 Å². The Hall–Kier alpha value is -3.60. The van der Waals surface area contributed by atoms with Crippen molar-refractivity contribution in [3.63, 3.8) is 0 Å². The fraction of sp³-hybridized carbons (Fsp3) is 0.115. The molecule has 31 heavy (non-hydrogen) atoms. The van der Waals surface area contributed by atoms with Crippen molar-refractivity contribution < 1.29 is 18.0 Å². The van der Waals surface area contributed by atoms with Gasteiger partial charge in [0.2, 0.25) is 0 Å². The van der Waals surface area contributed by atoms with Crippen molar-refractivity contribution in [2.45, 2.75) is 19.1 Å². The molecule has 1 aliphatic rings. The monoisotopic (exact) mass is 419 g/mol. The Morgan fingerprint density at radius 2 is 1.52 bits per heavy atom. The van der Waals surface area contributed by atoms with Crippen molar-refractivity contribution in [2.24, 2.45) is 0 Å². The number of carbonyl (C=O) groups excluding carboxylic acids is 1. The largest absolute Gasteiger partial charge is 0.416 e. The molecule has 0 aromatic heterocycles. The molecule has 0 spiro atoms. The number of benzene rings is 3. The number of carbonyl (C=O) groups is 1. The highest BCUT2D eigenvalue weighted by Crippen LogP contribution is 2.45. The molecule has 3 aromatic rings. The Morgan fingerprint density at radius 1 is 0.903 bits per heavy atom. The number of fused-ring (bicyclic) bond motifs is 1. The molecule has 0 radical (unpaired) electrons. The highest BCUT2D eigenvalue weighted by atomic mass is 19.4. The van der Waals surface area contributed by atoms with Crippen LogP contribution in [0, 0.1) is 0 Å². The number of rotatable bonds is 4. The normalized spacial score (nSPS) is 15.8. The Morgan fingerprint density at radius 3 is 2.13 bits per heavy atom. The van der Waals surface area contributed by atoms with E-state index in [0.29, 0.717) is 11.3 Å². The Labute approximate surface area is 178 Å². The number of hydrogen-bond donors (Lipinski definition) is 0. The second-order valence-corrected chi connectivity index (χ2v) is 7.42. The number of halogens is 3. The molecule has 1 aliphatic heterocycles. The maximum absolute atomic E-state index is 13.1. The molecule has 1 atom stereocenters. The molecule has 0 aliphatic carbocycles. The number of nitrogens with zero attached hydrogens (tertiary/aromatic N) is 1. The zero-order valence-corrected chi connectivity index (χ0v) is 16.9. The first-order valence-corrected chi connectivity index (χ1v) is 9.79. The van der Waals surface area contributed by atoms with E-state index in [-0.39, 0.29) is 5.78 Å². The number of ketones is 1. The predicted molar refractivity (Wildman–Crippen MR) is 117 cm³/mol. The highest BCUT2D eigenvalue weighted by Gasteiger charge is 2.35. The lowest BCUT2D eigenvalue weighted by Crippen LogP contribution is -2.33. The topological polar surface area (TPSA) is 20.3 Å². The number of anilines is 1. The van der Waals surface area contributed by atoms with Crippen LogP contribution in [-0.4, -0.2) is 5.78 Å². The minimum Gasteiger partial charge on any atom is -0.329 e. The molecule has 1 heterocycles. The SMILES string of the molecule is C=C(C(C)=O)C1c2ccccc2C=C(c2ccccc2)N1c1ccc(C(F)(F)F)cc1. The van der Waals surface area contributed by atoms with Crippen molar-refractivity contribution >= 4 is 23.2 Å². The maximum atomic E-state index is 13.1. The quantitative estimate of drug-likeness (QED) is 0.428. The molecule has 0 N–H and O–H groups in total. The molecule has 4 rings (SSSR count). The summed E-state index contributed by atoms with van der Waals surface area (Å²) in [5.74, 6) is -0.175. The van der Waals surface area contributed by atoms with E-state index in [1.165, 1.54) is 19.1 Å². The molecular weight excluding hydrogens is 399 g/mol. The van der Waals surface area contributed by atoms with Gasteiger partial charge in [0.15, 0.2) is 5.78 Å². The fourth-order valence-corrected chi connectivity index (χ4v) is 3.85. The van der Waals surface area contributed by atoms with Crippen molar-refractivity contribution in [2.75, 3.05) is 4.90 Å². The second kappa shape index (κ2) is 7.91. The number of Topliss-reactive ketones (excluding diaryl/α,β-unsaturated/α-hetero) is 1. The van der Waals surface area contributed by atoms with Crippen LogP contribution in [0.4, 0.5) is 18.9 Å². The molecule has 1 unspecified atom stereocenters.